The molecule has 0 spiro atoms. The fraction of sp³-hybridized carbons (Fsp3) is 0.323. The Bertz CT molecular complexity index is 1510. The number of aliphatic hydroxyl groups is 1. The molecule has 8 heteroatoms. The van der Waals surface area contributed by atoms with Crippen LogP contribution in [0.15, 0.2) is 81.8 Å². The number of ether oxygens (including phenoxy) is 1. The van der Waals surface area contributed by atoms with Crippen LogP contribution in [0, 0.1) is 0 Å². The van der Waals surface area contributed by atoms with Crippen molar-refractivity contribution in [3.63, 3.8) is 0 Å². The van der Waals surface area contributed by atoms with Crippen molar-refractivity contribution in [2.45, 2.75) is 38.2 Å². The average Bonchev–Trinajstić information content (AvgIpc) is 3.59. The van der Waals surface area contributed by atoms with Crippen LogP contribution in [0.3, 0.4) is 0 Å². The normalized spacial score (nSPS) is 15.1. The number of β-amino-alcohol motifs (C(OH)–C–C–N with tert-alkyl or cyclic N) is 1. The van der Waals surface area contributed by atoms with Crippen LogP contribution in [-0.2, 0) is 6.42 Å². The fourth-order valence-electron chi connectivity index (χ4n) is 5.30. The zero-order valence-electron chi connectivity index (χ0n) is 22.0. The van der Waals surface area contributed by atoms with Gasteiger partial charge in [0.2, 0.25) is 0 Å². The van der Waals surface area contributed by atoms with Crippen LogP contribution in [0.4, 0.5) is 0 Å². The molecule has 6 rings (SSSR count). The van der Waals surface area contributed by atoms with Crippen molar-refractivity contribution in [2.75, 3.05) is 26.2 Å². The number of oxazole rings is 1. The van der Waals surface area contributed by atoms with Gasteiger partial charge < -0.3 is 29.1 Å². The summed E-state index contributed by atoms with van der Waals surface area (Å²) < 4.78 is 17.7. The molecule has 1 aliphatic heterocycles. The number of nitrogens with zero attached hydrogens (tertiary/aromatic N) is 2. The third-order valence-corrected chi connectivity index (χ3v) is 7.37. The van der Waals surface area contributed by atoms with Crippen molar-refractivity contribution in [1.82, 2.24) is 9.88 Å². The molecule has 39 heavy (non-hydrogen) atoms. The standard InChI is InChI=1S/C31H32N2O4.ClH.H2O/c1-2-26-18-32-31(36-26)30-17-27-28(8-5-9-29(27)37-30)35-20-25(34)19-33-14-12-22(13-15-33)24-11-10-21-6-3-4-7-23(21)16-24;;/h3-11,16-18,22,25,34H,2,12-15,19-20H2,1H3;1H;1H2/t25-;;/m0../s1. The largest absolute Gasteiger partial charge is 0.490 e. The van der Waals surface area contributed by atoms with Gasteiger partial charge in [0, 0.05) is 19.0 Å². The summed E-state index contributed by atoms with van der Waals surface area (Å²) in [6, 6.07) is 23.0. The van der Waals surface area contributed by atoms with Crippen LogP contribution < -0.4 is 4.74 Å². The molecule has 0 saturated carbocycles. The zero-order chi connectivity index (χ0) is 25.2. The Morgan fingerprint density at radius 3 is 2.56 bits per heavy atom. The first-order chi connectivity index (χ1) is 18.2. The van der Waals surface area contributed by atoms with Crippen molar-refractivity contribution in [1.29, 1.82) is 0 Å². The Kier molecular flexibility index (Phi) is 9.30. The highest BCUT2D eigenvalue weighted by Crippen LogP contribution is 2.34. The minimum absolute atomic E-state index is 0. The number of hydrogen-bond donors (Lipinski definition) is 1. The molecule has 0 radical (unpaired) electrons. The molecule has 0 unspecified atom stereocenters. The summed E-state index contributed by atoms with van der Waals surface area (Å²) in [6.45, 7) is 4.81. The molecule has 1 atom stereocenters. The van der Waals surface area contributed by atoms with E-state index >= 15 is 0 Å². The van der Waals surface area contributed by atoms with Gasteiger partial charge in [-0.05, 0) is 60.3 Å². The molecule has 1 fully saturated rings. The van der Waals surface area contributed by atoms with E-state index in [1.54, 1.807) is 6.20 Å². The highest BCUT2D eigenvalue weighted by molar-refractivity contribution is 5.87. The van der Waals surface area contributed by atoms with Crippen molar-refractivity contribution in [3.05, 3.63) is 84.3 Å². The SMILES string of the molecule is CCc1cnc(-c2cc3c(OC[C@@H](O)CN4CCC(c5ccc6ccccc6c5)CC4)cccc3o2)o1.Cl.O. The Morgan fingerprint density at radius 1 is 1.00 bits per heavy atom. The van der Waals surface area contributed by atoms with E-state index in [9.17, 15) is 5.11 Å². The Labute approximate surface area is 234 Å². The predicted molar refractivity (Wildman–Crippen MR) is 156 cm³/mol. The van der Waals surface area contributed by atoms with Crippen LogP contribution in [0.1, 0.15) is 37.0 Å². The van der Waals surface area contributed by atoms with E-state index in [-0.39, 0.29) is 24.5 Å². The van der Waals surface area contributed by atoms with Gasteiger partial charge in [-0.15, -0.1) is 12.4 Å². The number of aromatic nitrogens is 1. The summed E-state index contributed by atoms with van der Waals surface area (Å²) in [5, 5.41) is 14.2. The van der Waals surface area contributed by atoms with E-state index < -0.39 is 6.10 Å². The first-order valence-corrected chi connectivity index (χ1v) is 13.2. The highest BCUT2D eigenvalue weighted by atomic mass is 35.5. The molecule has 1 aliphatic rings. The number of hydrogen-bond acceptors (Lipinski definition) is 6. The van der Waals surface area contributed by atoms with Gasteiger partial charge in [-0.1, -0.05) is 55.5 Å². The second-order valence-corrected chi connectivity index (χ2v) is 9.91. The van der Waals surface area contributed by atoms with Crippen molar-refractivity contribution in [2.24, 2.45) is 0 Å². The molecule has 3 aromatic carbocycles. The van der Waals surface area contributed by atoms with Crippen LogP contribution in [0.25, 0.3) is 33.4 Å². The van der Waals surface area contributed by atoms with Gasteiger partial charge in [-0.3, -0.25) is 0 Å². The summed E-state index contributed by atoms with van der Waals surface area (Å²) in [7, 11) is 0. The molecule has 0 amide bonds. The first-order valence-electron chi connectivity index (χ1n) is 13.2. The predicted octanol–water partition coefficient (Wildman–Crippen LogP) is 6.02. The number of piperidine rings is 1. The monoisotopic (exact) mass is 550 g/mol. The lowest BCUT2D eigenvalue weighted by Crippen LogP contribution is -2.40. The number of fused-ring (bicyclic) bond motifs is 2. The number of aryl methyl sites for hydroxylation is 1. The topological polar surface area (TPSA) is 103 Å². The molecule has 5 aromatic rings. The van der Waals surface area contributed by atoms with Gasteiger partial charge in [0.25, 0.3) is 5.89 Å². The molecule has 3 heterocycles. The highest BCUT2D eigenvalue weighted by Gasteiger charge is 2.23. The van der Waals surface area contributed by atoms with E-state index in [0.29, 0.717) is 35.4 Å². The van der Waals surface area contributed by atoms with Crippen LogP contribution in [-0.4, -0.2) is 52.8 Å². The van der Waals surface area contributed by atoms with Crippen LogP contribution in [0.2, 0.25) is 0 Å². The van der Waals surface area contributed by atoms with Gasteiger partial charge in [-0.2, -0.15) is 0 Å². The number of likely N-dealkylation sites (tertiary alicyclic amines) is 1. The second-order valence-electron chi connectivity index (χ2n) is 9.91. The van der Waals surface area contributed by atoms with Crippen LogP contribution >= 0.6 is 12.4 Å². The van der Waals surface area contributed by atoms with E-state index in [0.717, 1.165) is 43.5 Å². The third-order valence-electron chi connectivity index (χ3n) is 7.37. The lowest BCUT2D eigenvalue weighted by molar-refractivity contribution is 0.0599. The summed E-state index contributed by atoms with van der Waals surface area (Å²) in [6.07, 6.45) is 4.13. The molecule has 3 N–H and O–H groups in total. The Balaban J connectivity index is 0.00000176. The summed E-state index contributed by atoms with van der Waals surface area (Å²) in [5.74, 6) is 3.10. The van der Waals surface area contributed by atoms with Crippen molar-refractivity contribution in [3.8, 4) is 17.4 Å². The van der Waals surface area contributed by atoms with Crippen molar-refractivity contribution < 1.29 is 24.2 Å². The Morgan fingerprint density at radius 2 is 1.79 bits per heavy atom. The van der Waals surface area contributed by atoms with Crippen molar-refractivity contribution >= 4 is 34.1 Å². The van der Waals surface area contributed by atoms with Gasteiger partial charge in [-0.25, -0.2) is 4.98 Å². The van der Waals surface area contributed by atoms with Gasteiger partial charge >= 0.3 is 0 Å². The van der Waals surface area contributed by atoms with Gasteiger partial charge in [0.1, 0.15) is 29.8 Å². The molecule has 1 saturated heterocycles. The number of rotatable bonds is 8. The smallest absolute Gasteiger partial charge is 0.263 e. The number of furan rings is 1. The van der Waals surface area contributed by atoms with E-state index in [2.05, 4.69) is 52.3 Å². The van der Waals surface area contributed by atoms with Gasteiger partial charge in [0.15, 0.2) is 5.76 Å². The molecule has 206 valence electrons. The molecule has 2 aromatic heterocycles. The maximum atomic E-state index is 10.7. The quantitative estimate of drug-likeness (QED) is 0.253. The third kappa shape index (κ3) is 6.28. The zero-order valence-corrected chi connectivity index (χ0v) is 22.8. The lowest BCUT2D eigenvalue weighted by Gasteiger charge is -2.33. The van der Waals surface area contributed by atoms with E-state index in [1.165, 1.54) is 16.3 Å². The maximum absolute atomic E-state index is 10.7. The first kappa shape index (κ1) is 28.6. The molecule has 0 aliphatic carbocycles. The lowest BCUT2D eigenvalue weighted by atomic mass is 9.88. The van der Waals surface area contributed by atoms with E-state index in [1.807, 2.05) is 31.2 Å². The molecular formula is C31H35ClN2O5. The minimum Gasteiger partial charge on any atom is -0.490 e. The average molecular weight is 551 g/mol. The number of aliphatic hydroxyl groups excluding tert-OH is 1. The summed E-state index contributed by atoms with van der Waals surface area (Å²) in [4.78, 5) is 6.66. The molecule has 7 nitrogen and oxygen atoms in total. The summed E-state index contributed by atoms with van der Waals surface area (Å²) in [5.41, 5.74) is 2.12. The summed E-state index contributed by atoms with van der Waals surface area (Å²) >= 11 is 0. The molecule has 0 bridgehead atoms. The Hall–Kier alpha value is -3.36. The van der Waals surface area contributed by atoms with E-state index in [4.69, 9.17) is 13.6 Å². The fourth-order valence-corrected chi connectivity index (χ4v) is 5.30. The number of halogens is 1. The number of benzene rings is 3. The molecular weight excluding hydrogens is 516 g/mol. The maximum Gasteiger partial charge on any atom is 0.263 e. The van der Waals surface area contributed by atoms with Gasteiger partial charge in [0.05, 0.1) is 11.6 Å². The minimum atomic E-state index is -0.572. The second kappa shape index (κ2) is 12.7. The van der Waals surface area contributed by atoms with Crippen LogP contribution in [0.5, 0.6) is 5.75 Å².